The van der Waals surface area contributed by atoms with Crippen LogP contribution in [0, 0.1) is 12.3 Å². The molecule has 0 aliphatic carbocycles. The lowest BCUT2D eigenvalue weighted by Crippen LogP contribution is -2.34. The Morgan fingerprint density at radius 3 is 2.37 bits per heavy atom. The van der Waals surface area contributed by atoms with E-state index in [4.69, 9.17) is 0 Å². The molecule has 1 aliphatic rings. The van der Waals surface area contributed by atoms with Gasteiger partial charge < -0.3 is 5.32 Å². The van der Waals surface area contributed by atoms with E-state index in [0.717, 1.165) is 4.31 Å². The maximum absolute atomic E-state index is 12.4. The second-order valence-corrected chi connectivity index (χ2v) is 10.6. The zero-order valence-corrected chi connectivity index (χ0v) is 17.2. The van der Waals surface area contributed by atoms with Gasteiger partial charge in [0.25, 0.3) is 0 Å². The molecule has 0 radical (unpaired) electrons. The molecule has 2 amide bonds. The Kier molecular flexibility index (Phi) is 5.69. The van der Waals surface area contributed by atoms with Gasteiger partial charge in [0.2, 0.25) is 31.9 Å². The van der Waals surface area contributed by atoms with Gasteiger partial charge in [0.15, 0.2) is 0 Å². The molecule has 1 aromatic rings. The van der Waals surface area contributed by atoms with Crippen LogP contribution in [0.4, 0.5) is 5.69 Å². The van der Waals surface area contributed by atoms with Crippen LogP contribution in [0.2, 0.25) is 0 Å². The SMILES string of the molecule is CC(=O)NCCNS(=O)(=O)c1ccc(N2C(=O)C(C)(C)CS2(=O)=O)cc1C. The van der Waals surface area contributed by atoms with Gasteiger partial charge in [-0.2, -0.15) is 0 Å². The van der Waals surface area contributed by atoms with Crippen molar-refractivity contribution in [1.29, 1.82) is 0 Å². The topological polar surface area (TPSA) is 130 Å². The highest BCUT2D eigenvalue weighted by molar-refractivity contribution is 7.94. The minimum absolute atomic E-state index is 0.0102. The number of nitrogens with zero attached hydrogens (tertiary/aromatic N) is 1. The number of rotatable bonds is 6. The van der Waals surface area contributed by atoms with Crippen molar-refractivity contribution in [3.63, 3.8) is 0 Å². The first kappa shape index (κ1) is 21.3. The summed E-state index contributed by atoms with van der Waals surface area (Å²) in [6, 6.07) is 3.92. The minimum Gasteiger partial charge on any atom is -0.355 e. The van der Waals surface area contributed by atoms with Crippen LogP contribution in [0.3, 0.4) is 0 Å². The molecule has 1 fully saturated rings. The molecular weight excluding hydrogens is 394 g/mol. The number of anilines is 1. The fraction of sp³-hybridized carbons (Fsp3) is 0.500. The number of aryl methyl sites for hydroxylation is 1. The molecule has 27 heavy (non-hydrogen) atoms. The van der Waals surface area contributed by atoms with Crippen molar-refractivity contribution in [3.05, 3.63) is 23.8 Å². The summed E-state index contributed by atoms with van der Waals surface area (Å²) < 4.78 is 52.6. The fourth-order valence-electron chi connectivity index (χ4n) is 2.82. The zero-order valence-electron chi connectivity index (χ0n) is 15.6. The smallest absolute Gasteiger partial charge is 0.247 e. The van der Waals surface area contributed by atoms with Crippen LogP contribution in [0.5, 0.6) is 0 Å². The highest BCUT2D eigenvalue weighted by Crippen LogP contribution is 2.36. The summed E-state index contributed by atoms with van der Waals surface area (Å²) in [5.41, 5.74) is -0.629. The number of sulfonamides is 2. The number of amides is 2. The van der Waals surface area contributed by atoms with Crippen LogP contribution in [0.15, 0.2) is 23.1 Å². The lowest BCUT2D eigenvalue weighted by atomic mass is 9.95. The van der Waals surface area contributed by atoms with E-state index in [9.17, 15) is 26.4 Å². The monoisotopic (exact) mass is 417 g/mol. The number of hydrogen-bond donors (Lipinski definition) is 2. The third-order valence-electron chi connectivity index (χ3n) is 4.06. The molecule has 0 spiro atoms. The molecule has 0 bridgehead atoms. The first-order chi connectivity index (χ1) is 12.3. The highest BCUT2D eigenvalue weighted by atomic mass is 32.2. The summed E-state index contributed by atoms with van der Waals surface area (Å²) >= 11 is 0. The Morgan fingerprint density at radius 1 is 1.26 bits per heavy atom. The van der Waals surface area contributed by atoms with Gasteiger partial charge in [-0.1, -0.05) is 0 Å². The van der Waals surface area contributed by atoms with E-state index in [1.807, 2.05) is 0 Å². The Morgan fingerprint density at radius 2 is 1.89 bits per heavy atom. The standard InChI is InChI=1S/C16H23N3O6S2/c1-11-9-13(19-15(21)16(3,4)10-26(19,22)23)5-6-14(11)27(24,25)18-8-7-17-12(2)20/h5-6,9,18H,7-8,10H2,1-4H3,(H,17,20). The second kappa shape index (κ2) is 7.21. The van der Waals surface area contributed by atoms with Crippen molar-refractivity contribution in [3.8, 4) is 0 Å². The van der Waals surface area contributed by atoms with Crippen molar-refractivity contribution in [1.82, 2.24) is 10.0 Å². The van der Waals surface area contributed by atoms with E-state index in [1.54, 1.807) is 13.8 Å². The van der Waals surface area contributed by atoms with Gasteiger partial charge in [-0.25, -0.2) is 25.9 Å². The van der Waals surface area contributed by atoms with Crippen LogP contribution < -0.4 is 14.3 Å². The summed E-state index contributed by atoms with van der Waals surface area (Å²) in [5, 5.41) is 2.48. The van der Waals surface area contributed by atoms with Gasteiger partial charge in [0, 0.05) is 20.0 Å². The summed E-state index contributed by atoms with van der Waals surface area (Å²) in [7, 11) is -7.66. The normalized spacial score (nSPS) is 18.5. The molecule has 2 rings (SSSR count). The molecule has 0 atom stereocenters. The van der Waals surface area contributed by atoms with Crippen molar-refractivity contribution in [2.24, 2.45) is 5.41 Å². The van der Waals surface area contributed by atoms with Gasteiger partial charge in [-0.05, 0) is 44.5 Å². The average Bonchev–Trinajstić information content (AvgIpc) is 2.66. The van der Waals surface area contributed by atoms with Crippen LogP contribution in [-0.2, 0) is 29.6 Å². The second-order valence-electron chi connectivity index (χ2n) is 7.04. The number of carbonyl (C=O) groups is 2. The predicted molar refractivity (Wildman–Crippen MR) is 100 cm³/mol. The molecule has 150 valence electrons. The maximum Gasteiger partial charge on any atom is 0.247 e. The molecule has 11 heteroatoms. The molecule has 1 heterocycles. The van der Waals surface area contributed by atoms with Gasteiger partial charge in [-0.15, -0.1) is 0 Å². The highest BCUT2D eigenvalue weighted by Gasteiger charge is 2.50. The summed E-state index contributed by atoms with van der Waals surface area (Å²) in [6.45, 7) is 6.10. The van der Waals surface area contributed by atoms with E-state index < -0.39 is 31.4 Å². The zero-order chi connectivity index (χ0) is 20.6. The van der Waals surface area contributed by atoms with Gasteiger partial charge in [0.1, 0.15) is 0 Å². The van der Waals surface area contributed by atoms with Crippen molar-refractivity contribution >= 4 is 37.5 Å². The van der Waals surface area contributed by atoms with Crippen LogP contribution in [0.1, 0.15) is 26.3 Å². The molecule has 9 nitrogen and oxygen atoms in total. The number of hydrogen-bond acceptors (Lipinski definition) is 6. The van der Waals surface area contributed by atoms with Crippen LogP contribution in [-0.4, -0.2) is 47.5 Å². The Bertz CT molecular complexity index is 983. The molecule has 1 saturated heterocycles. The summed E-state index contributed by atoms with van der Waals surface area (Å²) in [5.74, 6) is -1.12. The molecule has 2 N–H and O–H groups in total. The third kappa shape index (κ3) is 4.47. The fourth-order valence-corrected chi connectivity index (χ4v) is 6.18. The van der Waals surface area contributed by atoms with E-state index in [1.165, 1.54) is 32.0 Å². The molecule has 0 saturated carbocycles. The summed E-state index contributed by atoms with van der Waals surface area (Å²) in [6.07, 6.45) is 0. The van der Waals surface area contributed by atoms with Crippen molar-refractivity contribution < 1.29 is 26.4 Å². The van der Waals surface area contributed by atoms with Gasteiger partial charge in [0.05, 0.1) is 21.8 Å². The average molecular weight is 418 g/mol. The Hall–Kier alpha value is -1.98. The minimum atomic E-state index is -3.85. The first-order valence-electron chi connectivity index (χ1n) is 8.20. The van der Waals surface area contributed by atoms with E-state index in [-0.39, 0.29) is 35.3 Å². The molecular formula is C16H23N3O6S2. The van der Waals surface area contributed by atoms with Crippen molar-refractivity contribution in [2.75, 3.05) is 23.1 Å². The van der Waals surface area contributed by atoms with Crippen LogP contribution in [0.25, 0.3) is 0 Å². The number of carbonyl (C=O) groups excluding carboxylic acids is 2. The van der Waals surface area contributed by atoms with Crippen LogP contribution >= 0.6 is 0 Å². The Balaban J connectivity index is 2.28. The van der Waals surface area contributed by atoms with E-state index in [2.05, 4.69) is 10.0 Å². The third-order valence-corrected chi connectivity index (χ3v) is 7.70. The van der Waals surface area contributed by atoms with Crippen molar-refractivity contribution in [2.45, 2.75) is 32.6 Å². The summed E-state index contributed by atoms with van der Waals surface area (Å²) in [4.78, 5) is 23.2. The lowest BCUT2D eigenvalue weighted by Gasteiger charge is -2.19. The molecule has 0 unspecified atom stereocenters. The largest absolute Gasteiger partial charge is 0.355 e. The lowest BCUT2D eigenvalue weighted by molar-refractivity contribution is -0.123. The Labute approximate surface area is 159 Å². The quantitative estimate of drug-likeness (QED) is 0.632. The molecule has 1 aliphatic heterocycles. The molecule has 0 aromatic heterocycles. The number of benzene rings is 1. The maximum atomic E-state index is 12.4. The molecule has 1 aromatic carbocycles. The van der Waals surface area contributed by atoms with E-state index in [0.29, 0.717) is 5.56 Å². The first-order valence-corrected chi connectivity index (χ1v) is 11.3. The van der Waals surface area contributed by atoms with E-state index >= 15 is 0 Å². The predicted octanol–water partition coefficient (Wildman–Crippen LogP) is 0.112. The van der Waals surface area contributed by atoms with Gasteiger partial charge >= 0.3 is 0 Å². The van der Waals surface area contributed by atoms with Gasteiger partial charge in [-0.3, -0.25) is 9.59 Å². The number of nitrogens with one attached hydrogen (secondary N) is 2.